The Bertz CT molecular complexity index is 3360. The van der Waals surface area contributed by atoms with E-state index in [0.717, 1.165) is 17.1 Å². The summed E-state index contributed by atoms with van der Waals surface area (Å²) in [6.45, 7) is 0. The zero-order valence-corrected chi connectivity index (χ0v) is 34.8. The zero-order chi connectivity index (χ0) is 42.0. The molecule has 0 amide bonds. The third kappa shape index (κ3) is 7.37. The minimum absolute atomic E-state index is 1.10. The highest BCUT2D eigenvalue weighted by atomic mass is 15.1. The third-order valence-corrected chi connectivity index (χ3v) is 12.3. The van der Waals surface area contributed by atoms with Crippen molar-refractivity contribution in [2.45, 2.75) is 0 Å². The highest BCUT2D eigenvalue weighted by Crippen LogP contribution is 2.43. The van der Waals surface area contributed by atoms with Crippen LogP contribution in [0.25, 0.3) is 88.3 Å². The van der Waals surface area contributed by atoms with Crippen molar-refractivity contribution in [3.63, 3.8) is 0 Å². The van der Waals surface area contributed by atoms with Crippen LogP contribution in [0, 0.1) is 0 Å². The molecule has 1 nitrogen and oxygen atoms in total. The maximum Gasteiger partial charge on any atom is 0.0468 e. The Morgan fingerprint density at radius 3 is 1.21 bits per heavy atom. The molecule has 0 heterocycles. The van der Waals surface area contributed by atoms with Gasteiger partial charge in [-0.15, -0.1) is 0 Å². The van der Waals surface area contributed by atoms with Gasteiger partial charge in [-0.1, -0.05) is 218 Å². The molecule has 0 saturated carbocycles. The van der Waals surface area contributed by atoms with E-state index in [1.807, 2.05) is 0 Å². The minimum Gasteiger partial charge on any atom is -0.310 e. The Hall–Kier alpha value is -8.26. The number of nitrogens with zero attached hydrogens (tertiary/aromatic N) is 1. The second-order valence-electron chi connectivity index (χ2n) is 16.1. The number of rotatable bonds is 9. The molecule has 0 spiro atoms. The Morgan fingerprint density at radius 1 is 0.190 bits per heavy atom. The van der Waals surface area contributed by atoms with Crippen LogP contribution in [0.4, 0.5) is 17.1 Å². The van der Waals surface area contributed by atoms with Crippen LogP contribution in [0.3, 0.4) is 0 Å². The molecule has 0 bridgehead atoms. The molecule has 0 atom stereocenters. The first-order valence-corrected chi connectivity index (χ1v) is 21.7. The normalized spacial score (nSPS) is 11.2. The summed E-state index contributed by atoms with van der Waals surface area (Å²) < 4.78 is 0. The molecule has 63 heavy (non-hydrogen) atoms. The van der Waals surface area contributed by atoms with Crippen molar-refractivity contribution in [3.05, 3.63) is 261 Å². The number of hydrogen-bond donors (Lipinski definition) is 0. The first-order chi connectivity index (χ1) is 31.2. The van der Waals surface area contributed by atoms with Crippen LogP contribution in [-0.2, 0) is 0 Å². The molecule has 0 unspecified atom stereocenters. The van der Waals surface area contributed by atoms with Gasteiger partial charge >= 0.3 is 0 Å². The molecule has 11 rings (SSSR count). The zero-order valence-electron chi connectivity index (χ0n) is 34.8. The minimum atomic E-state index is 1.10. The van der Waals surface area contributed by atoms with Crippen LogP contribution >= 0.6 is 0 Å². The molecule has 0 N–H and O–H groups in total. The van der Waals surface area contributed by atoms with Crippen LogP contribution in [-0.4, -0.2) is 0 Å². The van der Waals surface area contributed by atoms with Gasteiger partial charge in [0.1, 0.15) is 0 Å². The van der Waals surface area contributed by atoms with Gasteiger partial charge in [-0.25, -0.2) is 0 Å². The summed E-state index contributed by atoms with van der Waals surface area (Å²) >= 11 is 0. The van der Waals surface area contributed by atoms with E-state index < -0.39 is 0 Å². The van der Waals surface area contributed by atoms with Gasteiger partial charge in [0.25, 0.3) is 0 Å². The molecule has 1 heteroatoms. The Labute approximate surface area is 369 Å². The molecule has 0 fully saturated rings. The Kier molecular flexibility index (Phi) is 9.97. The highest BCUT2D eigenvalue weighted by Gasteiger charge is 2.18. The summed E-state index contributed by atoms with van der Waals surface area (Å²) in [5.74, 6) is 0. The standard InChI is InChI=1S/C62H43N/c1-3-16-44(17-4-1)45-32-37-52(38-33-45)63(53-39-34-48(35-40-53)56-29-15-21-47-20-7-8-22-55(47)56)54-41-36-49-42-51(31-30-50(49)43-54)58-24-10-12-26-60(58)62-28-14-13-27-61(62)59-25-11-9-23-57(59)46-18-5-2-6-19-46/h1-43H. The van der Waals surface area contributed by atoms with Crippen molar-refractivity contribution in [1.29, 1.82) is 0 Å². The SMILES string of the molecule is c1ccc(-c2ccc(N(c3ccc(-c4cccc5ccccc45)cc3)c3ccc4cc(-c5ccccc5-c5ccccc5-c5ccccc5-c5ccccc5)ccc4c3)cc2)cc1. The van der Waals surface area contributed by atoms with E-state index in [0.29, 0.717) is 0 Å². The van der Waals surface area contributed by atoms with Crippen LogP contribution in [0.1, 0.15) is 0 Å². The van der Waals surface area contributed by atoms with E-state index in [-0.39, 0.29) is 0 Å². The van der Waals surface area contributed by atoms with Crippen LogP contribution < -0.4 is 4.90 Å². The highest BCUT2D eigenvalue weighted by molar-refractivity contribution is 5.99. The van der Waals surface area contributed by atoms with Gasteiger partial charge < -0.3 is 4.90 Å². The molecule has 0 aliphatic carbocycles. The second kappa shape index (κ2) is 16.7. The Morgan fingerprint density at radius 2 is 0.571 bits per heavy atom. The fraction of sp³-hybridized carbons (Fsp3) is 0. The van der Waals surface area contributed by atoms with Crippen molar-refractivity contribution in [1.82, 2.24) is 0 Å². The summed E-state index contributed by atoms with van der Waals surface area (Å²) in [6.07, 6.45) is 0. The average Bonchev–Trinajstić information content (AvgIpc) is 3.37. The molecular formula is C62H43N. The van der Waals surface area contributed by atoms with Crippen LogP contribution in [0.2, 0.25) is 0 Å². The van der Waals surface area contributed by atoms with Gasteiger partial charge in [0.15, 0.2) is 0 Å². The van der Waals surface area contributed by atoms with Crippen LogP contribution in [0.15, 0.2) is 261 Å². The first-order valence-electron chi connectivity index (χ1n) is 21.7. The molecule has 0 saturated heterocycles. The summed E-state index contributed by atoms with van der Waals surface area (Å²) in [7, 11) is 0. The molecule has 11 aromatic carbocycles. The summed E-state index contributed by atoms with van der Waals surface area (Å²) in [5.41, 5.74) is 17.9. The lowest BCUT2D eigenvalue weighted by Gasteiger charge is -2.26. The van der Waals surface area contributed by atoms with E-state index in [2.05, 4.69) is 266 Å². The molecule has 0 aliphatic heterocycles. The van der Waals surface area contributed by atoms with Crippen molar-refractivity contribution in [3.8, 4) is 66.8 Å². The summed E-state index contributed by atoms with van der Waals surface area (Å²) in [6, 6.07) is 94.6. The maximum atomic E-state index is 2.37. The number of fused-ring (bicyclic) bond motifs is 2. The quantitative estimate of drug-likeness (QED) is 0.141. The summed E-state index contributed by atoms with van der Waals surface area (Å²) in [5, 5.41) is 4.88. The lowest BCUT2D eigenvalue weighted by atomic mass is 9.86. The lowest BCUT2D eigenvalue weighted by molar-refractivity contribution is 1.29. The fourth-order valence-corrected chi connectivity index (χ4v) is 9.20. The van der Waals surface area contributed by atoms with E-state index in [9.17, 15) is 0 Å². The van der Waals surface area contributed by atoms with Crippen molar-refractivity contribution in [2.24, 2.45) is 0 Å². The van der Waals surface area contributed by atoms with E-state index in [1.54, 1.807) is 0 Å². The van der Waals surface area contributed by atoms with Gasteiger partial charge in [-0.05, 0) is 131 Å². The molecule has 296 valence electrons. The smallest absolute Gasteiger partial charge is 0.0468 e. The van der Waals surface area contributed by atoms with Gasteiger partial charge in [-0.2, -0.15) is 0 Å². The molecule has 0 aromatic heterocycles. The predicted octanol–water partition coefficient (Wildman–Crippen LogP) is 17.5. The van der Waals surface area contributed by atoms with Gasteiger partial charge in [0.2, 0.25) is 0 Å². The molecule has 0 radical (unpaired) electrons. The largest absolute Gasteiger partial charge is 0.310 e. The summed E-state index contributed by atoms with van der Waals surface area (Å²) in [4.78, 5) is 2.37. The number of benzene rings is 11. The van der Waals surface area contributed by atoms with E-state index in [4.69, 9.17) is 0 Å². The average molecular weight is 802 g/mol. The van der Waals surface area contributed by atoms with E-state index >= 15 is 0 Å². The number of anilines is 3. The van der Waals surface area contributed by atoms with Gasteiger partial charge in [0.05, 0.1) is 0 Å². The third-order valence-electron chi connectivity index (χ3n) is 12.3. The second-order valence-corrected chi connectivity index (χ2v) is 16.1. The van der Waals surface area contributed by atoms with Gasteiger partial charge in [0, 0.05) is 17.1 Å². The van der Waals surface area contributed by atoms with Crippen molar-refractivity contribution >= 4 is 38.6 Å². The molecule has 11 aromatic rings. The Balaban J connectivity index is 0.976. The predicted molar refractivity (Wildman–Crippen MR) is 269 cm³/mol. The molecule has 0 aliphatic rings. The van der Waals surface area contributed by atoms with E-state index in [1.165, 1.54) is 88.3 Å². The van der Waals surface area contributed by atoms with Crippen LogP contribution in [0.5, 0.6) is 0 Å². The number of hydrogen-bond acceptors (Lipinski definition) is 1. The maximum absolute atomic E-state index is 2.37. The first kappa shape index (κ1) is 37.7. The van der Waals surface area contributed by atoms with Gasteiger partial charge in [-0.3, -0.25) is 0 Å². The topological polar surface area (TPSA) is 3.24 Å². The van der Waals surface area contributed by atoms with Crippen molar-refractivity contribution < 1.29 is 0 Å². The monoisotopic (exact) mass is 801 g/mol. The van der Waals surface area contributed by atoms with Crippen molar-refractivity contribution in [2.75, 3.05) is 4.90 Å². The lowest BCUT2D eigenvalue weighted by Crippen LogP contribution is -2.09. The molecular weight excluding hydrogens is 759 g/mol. The fourth-order valence-electron chi connectivity index (χ4n) is 9.20.